The van der Waals surface area contributed by atoms with Gasteiger partial charge in [0, 0.05) is 12.1 Å². The summed E-state index contributed by atoms with van der Waals surface area (Å²) in [5.74, 6) is 3.58. The highest BCUT2D eigenvalue weighted by atomic mass is 19.1. The van der Waals surface area contributed by atoms with E-state index in [4.69, 9.17) is 5.11 Å². The molecule has 0 saturated carbocycles. The van der Waals surface area contributed by atoms with Gasteiger partial charge in [-0.05, 0) is 0 Å². The second kappa shape index (κ2) is 5.09. The molecule has 0 heterocycles. The summed E-state index contributed by atoms with van der Waals surface area (Å²) < 4.78 is 18.0. The third-order valence-electron chi connectivity index (χ3n) is 1.77. The van der Waals surface area contributed by atoms with Crippen LogP contribution in [0.25, 0.3) is 0 Å². The van der Waals surface area contributed by atoms with Gasteiger partial charge >= 0.3 is 5.69 Å². The van der Waals surface area contributed by atoms with Gasteiger partial charge in [-0.25, -0.2) is 4.39 Å². The SMILES string of the molecule is COc1cc(F)c(C#CCO)cc1[N+](=O)[O-]. The molecule has 0 aliphatic carbocycles. The highest BCUT2D eigenvalue weighted by Gasteiger charge is 2.18. The Bertz CT molecular complexity index is 476. The smallest absolute Gasteiger partial charge is 0.312 e. The minimum atomic E-state index is -0.733. The lowest BCUT2D eigenvalue weighted by molar-refractivity contribution is -0.385. The molecule has 1 aromatic carbocycles. The van der Waals surface area contributed by atoms with E-state index in [2.05, 4.69) is 16.6 Å². The first-order valence-electron chi connectivity index (χ1n) is 4.21. The van der Waals surface area contributed by atoms with E-state index >= 15 is 0 Å². The maximum atomic E-state index is 13.3. The molecule has 1 N–H and O–H groups in total. The maximum absolute atomic E-state index is 13.3. The zero-order valence-corrected chi connectivity index (χ0v) is 8.36. The van der Waals surface area contributed by atoms with Crippen LogP contribution >= 0.6 is 0 Å². The lowest BCUT2D eigenvalue weighted by Gasteiger charge is -2.02. The molecule has 0 saturated heterocycles. The number of rotatable bonds is 2. The molecule has 0 amide bonds. The molecular weight excluding hydrogens is 217 g/mol. The van der Waals surface area contributed by atoms with Crippen LogP contribution in [0.3, 0.4) is 0 Å². The van der Waals surface area contributed by atoms with Gasteiger partial charge in [0.25, 0.3) is 0 Å². The van der Waals surface area contributed by atoms with E-state index in [1.807, 2.05) is 0 Å². The molecule has 0 spiro atoms. The van der Waals surface area contributed by atoms with Crippen LogP contribution < -0.4 is 4.74 Å². The van der Waals surface area contributed by atoms with E-state index in [0.29, 0.717) is 0 Å². The van der Waals surface area contributed by atoms with Gasteiger partial charge < -0.3 is 9.84 Å². The molecule has 16 heavy (non-hydrogen) atoms. The zero-order valence-electron chi connectivity index (χ0n) is 8.36. The number of aliphatic hydroxyl groups is 1. The molecule has 0 bridgehead atoms. The highest BCUT2D eigenvalue weighted by molar-refractivity contribution is 5.53. The van der Waals surface area contributed by atoms with Crippen LogP contribution in [-0.4, -0.2) is 23.7 Å². The number of nitro groups is 1. The first-order chi connectivity index (χ1) is 7.60. The Morgan fingerprint density at radius 2 is 2.31 bits per heavy atom. The number of halogens is 1. The minimum Gasteiger partial charge on any atom is -0.490 e. The number of hydrogen-bond acceptors (Lipinski definition) is 4. The molecule has 84 valence electrons. The minimum absolute atomic E-state index is 0.151. The second-order valence-electron chi connectivity index (χ2n) is 2.72. The van der Waals surface area contributed by atoms with Crippen molar-refractivity contribution in [3.8, 4) is 17.6 Å². The molecule has 0 aliphatic rings. The lowest BCUT2D eigenvalue weighted by atomic mass is 10.2. The Kier molecular flexibility index (Phi) is 3.80. The Labute approximate surface area is 90.6 Å². The van der Waals surface area contributed by atoms with E-state index in [1.54, 1.807) is 0 Å². The quantitative estimate of drug-likeness (QED) is 0.464. The van der Waals surface area contributed by atoms with E-state index in [-0.39, 0.29) is 17.0 Å². The Morgan fingerprint density at radius 1 is 1.62 bits per heavy atom. The molecular formula is C10H8FNO4. The molecule has 0 fully saturated rings. The lowest BCUT2D eigenvalue weighted by Crippen LogP contribution is -1.96. The number of ether oxygens (including phenoxy) is 1. The van der Waals surface area contributed by atoms with Gasteiger partial charge in [-0.15, -0.1) is 0 Å². The van der Waals surface area contributed by atoms with Crippen LogP contribution in [0.15, 0.2) is 12.1 Å². The van der Waals surface area contributed by atoms with E-state index < -0.39 is 17.3 Å². The van der Waals surface area contributed by atoms with Crippen LogP contribution in [0.2, 0.25) is 0 Å². The summed E-state index contributed by atoms with van der Waals surface area (Å²) in [6, 6.07) is 1.86. The first-order valence-corrected chi connectivity index (χ1v) is 4.21. The first kappa shape index (κ1) is 11.9. The third-order valence-corrected chi connectivity index (χ3v) is 1.77. The summed E-state index contributed by atoms with van der Waals surface area (Å²) in [6.45, 7) is -0.445. The zero-order chi connectivity index (χ0) is 12.1. The fourth-order valence-corrected chi connectivity index (χ4v) is 1.08. The number of hydrogen-bond donors (Lipinski definition) is 1. The fraction of sp³-hybridized carbons (Fsp3) is 0.200. The average Bonchev–Trinajstić information content (AvgIpc) is 2.26. The number of aliphatic hydroxyl groups excluding tert-OH is 1. The molecule has 1 rings (SSSR count). The predicted molar refractivity (Wildman–Crippen MR) is 53.6 cm³/mol. The van der Waals surface area contributed by atoms with Gasteiger partial charge in [-0.3, -0.25) is 10.1 Å². The Morgan fingerprint density at radius 3 is 2.81 bits per heavy atom. The summed E-state index contributed by atoms with van der Waals surface area (Å²) in [6.07, 6.45) is 0. The second-order valence-corrected chi connectivity index (χ2v) is 2.72. The molecule has 0 unspecified atom stereocenters. The van der Waals surface area contributed by atoms with Crippen molar-refractivity contribution in [3.63, 3.8) is 0 Å². The van der Waals surface area contributed by atoms with E-state index in [1.165, 1.54) is 7.11 Å². The third kappa shape index (κ3) is 2.46. The molecule has 0 radical (unpaired) electrons. The van der Waals surface area contributed by atoms with Crippen LogP contribution in [0.5, 0.6) is 5.75 Å². The van der Waals surface area contributed by atoms with Gasteiger partial charge in [0.15, 0.2) is 5.75 Å². The van der Waals surface area contributed by atoms with Crippen LogP contribution in [0.1, 0.15) is 5.56 Å². The van der Waals surface area contributed by atoms with Crippen molar-refractivity contribution in [2.75, 3.05) is 13.7 Å². The normalized spacial score (nSPS) is 9.19. The number of nitrogens with zero attached hydrogens (tertiary/aromatic N) is 1. The van der Waals surface area contributed by atoms with Crippen LogP contribution in [0.4, 0.5) is 10.1 Å². The Hall–Kier alpha value is -2.13. The molecule has 0 atom stereocenters. The fourth-order valence-electron chi connectivity index (χ4n) is 1.08. The Balaban J connectivity index is 3.33. The van der Waals surface area contributed by atoms with E-state index in [0.717, 1.165) is 12.1 Å². The largest absolute Gasteiger partial charge is 0.490 e. The maximum Gasteiger partial charge on any atom is 0.312 e. The van der Waals surface area contributed by atoms with Crippen LogP contribution in [0, 0.1) is 27.8 Å². The summed E-state index contributed by atoms with van der Waals surface area (Å²) in [4.78, 5) is 9.93. The van der Waals surface area contributed by atoms with Gasteiger partial charge in [0.05, 0.1) is 17.6 Å². The van der Waals surface area contributed by atoms with Gasteiger partial charge in [-0.1, -0.05) is 11.8 Å². The molecule has 0 aliphatic heterocycles. The topological polar surface area (TPSA) is 72.6 Å². The van der Waals surface area contributed by atoms with Crippen molar-refractivity contribution < 1.29 is 19.2 Å². The summed E-state index contributed by atoms with van der Waals surface area (Å²) in [7, 11) is 1.21. The highest BCUT2D eigenvalue weighted by Crippen LogP contribution is 2.29. The predicted octanol–water partition coefficient (Wildman–Crippen LogP) is 1.09. The average molecular weight is 225 g/mol. The van der Waals surface area contributed by atoms with Gasteiger partial charge in [-0.2, -0.15) is 0 Å². The number of methoxy groups -OCH3 is 1. The molecule has 6 heteroatoms. The molecule has 0 aromatic heterocycles. The van der Waals surface area contributed by atoms with Gasteiger partial charge in [0.1, 0.15) is 12.4 Å². The number of nitro benzene ring substituents is 1. The summed E-state index contributed by atoms with van der Waals surface area (Å²) in [5, 5.41) is 19.1. The molecule has 1 aromatic rings. The standard InChI is InChI=1S/C10H8FNO4/c1-16-10-6-8(11)7(3-2-4-13)5-9(10)12(14)15/h5-6,13H,4H2,1H3. The monoisotopic (exact) mass is 225 g/mol. The number of benzene rings is 1. The van der Waals surface area contributed by atoms with Crippen molar-refractivity contribution in [1.82, 2.24) is 0 Å². The van der Waals surface area contributed by atoms with Crippen molar-refractivity contribution in [2.45, 2.75) is 0 Å². The summed E-state index contributed by atoms with van der Waals surface area (Å²) >= 11 is 0. The van der Waals surface area contributed by atoms with Crippen molar-refractivity contribution in [3.05, 3.63) is 33.6 Å². The van der Waals surface area contributed by atoms with Gasteiger partial charge in [0.2, 0.25) is 0 Å². The van der Waals surface area contributed by atoms with Crippen LogP contribution in [-0.2, 0) is 0 Å². The molecule has 5 nitrogen and oxygen atoms in total. The summed E-state index contributed by atoms with van der Waals surface area (Å²) in [5.41, 5.74) is -0.521. The van der Waals surface area contributed by atoms with Crippen molar-refractivity contribution in [2.24, 2.45) is 0 Å². The van der Waals surface area contributed by atoms with Crippen molar-refractivity contribution >= 4 is 5.69 Å². The van der Waals surface area contributed by atoms with E-state index in [9.17, 15) is 14.5 Å². The van der Waals surface area contributed by atoms with Crippen molar-refractivity contribution in [1.29, 1.82) is 0 Å².